The first-order valence-corrected chi connectivity index (χ1v) is 9.25. The molecule has 2 heterocycles. The average Bonchev–Trinajstić information content (AvgIpc) is 2.96. The van der Waals surface area contributed by atoms with Crippen LogP contribution in [-0.4, -0.2) is 37.5 Å². The van der Waals surface area contributed by atoms with Gasteiger partial charge in [-0.25, -0.2) is 22.6 Å². The second-order valence-corrected chi connectivity index (χ2v) is 8.07. The summed E-state index contributed by atoms with van der Waals surface area (Å²) in [6.45, 7) is 0.434. The smallest absolute Gasteiger partial charge is 0.413 e. The molecule has 0 atom stereocenters. The van der Waals surface area contributed by atoms with Crippen molar-refractivity contribution in [3.63, 3.8) is 0 Å². The molecule has 0 saturated heterocycles. The fourth-order valence-electron chi connectivity index (χ4n) is 2.32. The molecular formula is C14H14FN3O4S2. The summed E-state index contributed by atoms with van der Waals surface area (Å²) in [7, 11) is -2.46. The molecule has 1 aliphatic heterocycles. The van der Waals surface area contributed by atoms with E-state index in [2.05, 4.69) is 15.0 Å². The summed E-state index contributed by atoms with van der Waals surface area (Å²) >= 11 is 1.21. The molecule has 1 aromatic carbocycles. The van der Waals surface area contributed by atoms with Gasteiger partial charge >= 0.3 is 6.09 Å². The topological polar surface area (TPSA) is 88.6 Å². The highest BCUT2D eigenvalue weighted by molar-refractivity contribution is 7.89. The Bertz CT molecular complexity index is 865. The van der Waals surface area contributed by atoms with Gasteiger partial charge in [-0.1, -0.05) is 11.3 Å². The van der Waals surface area contributed by atoms with Crippen molar-refractivity contribution < 1.29 is 22.3 Å². The monoisotopic (exact) mass is 371 g/mol. The zero-order valence-corrected chi connectivity index (χ0v) is 14.3. The molecule has 1 N–H and O–H groups in total. The number of thiazole rings is 1. The van der Waals surface area contributed by atoms with Gasteiger partial charge in [0.25, 0.3) is 0 Å². The summed E-state index contributed by atoms with van der Waals surface area (Å²) in [5.74, 6) is -0.490. The predicted octanol–water partition coefficient (Wildman–Crippen LogP) is 2.21. The van der Waals surface area contributed by atoms with Gasteiger partial charge in [0.15, 0.2) is 5.13 Å². The first-order chi connectivity index (χ1) is 11.4. The van der Waals surface area contributed by atoms with Crippen LogP contribution in [0, 0.1) is 5.82 Å². The van der Waals surface area contributed by atoms with E-state index in [4.69, 9.17) is 0 Å². The highest BCUT2D eigenvalue weighted by Gasteiger charge is 2.30. The molecule has 1 aromatic heterocycles. The van der Waals surface area contributed by atoms with E-state index in [1.807, 2.05) is 0 Å². The van der Waals surface area contributed by atoms with Gasteiger partial charge in [-0.3, -0.25) is 5.32 Å². The van der Waals surface area contributed by atoms with Crippen molar-refractivity contribution >= 4 is 32.6 Å². The standard InChI is InChI=1S/C14H14FN3O4S2/c1-22-14(19)17-13-16-11-6-7-18(8-12(11)23-13)24(20,21)10-4-2-9(15)3-5-10/h2-5H,6-8H2,1H3,(H,16,17,19). The van der Waals surface area contributed by atoms with Crippen LogP contribution >= 0.6 is 11.3 Å². The van der Waals surface area contributed by atoms with E-state index in [9.17, 15) is 17.6 Å². The molecule has 0 radical (unpaired) electrons. The normalized spacial score (nSPS) is 14.9. The highest BCUT2D eigenvalue weighted by Crippen LogP contribution is 2.31. The second-order valence-electron chi connectivity index (χ2n) is 5.05. The quantitative estimate of drug-likeness (QED) is 0.894. The third kappa shape index (κ3) is 3.25. The van der Waals surface area contributed by atoms with Gasteiger partial charge in [0, 0.05) is 17.8 Å². The molecule has 1 aliphatic rings. The van der Waals surface area contributed by atoms with Crippen LogP contribution in [0.25, 0.3) is 0 Å². The Kier molecular flexibility index (Phi) is 4.52. The van der Waals surface area contributed by atoms with Gasteiger partial charge in [-0.15, -0.1) is 0 Å². The summed E-state index contributed by atoms with van der Waals surface area (Å²) in [4.78, 5) is 16.3. The molecule has 2 aromatic rings. The van der Waals surface area contributed by atoms with Crippen molar-refractivity contribution in [3.8, 4) is 0 Å². The summed E-state index contributed by atoms with van der Waals surface area (Å²) in [5.41, 5.74) is 0.761. The lowest BCUT2D eigenvalue weighted by Gasteiger charge is -2.25. The number of hydrogen-bond acceptors (Lipinski definition) is 6. The van der Waals surface area contributed by atoms with E-state index in [0.717, 1.165) is 22.7 Å². The molecule has 128 valence electrons. The molecular weight excluding hydrogens is 357 g/mol. The van der Waals surface area contributed by atoms with E-state index in [1.165, 1.54) is 34.9 Å². The molecule has 0 bridgehead atoms. The fraction of sp³-hybridized carbons (Fsp3) is 0.286. The first kappa shape index (κ1) is 16.8. The molecule has 0 fully saturated rings. The number of rotatable bonds is 3. The number of halogens is 1. The number of anilines is 1. The molecule has 3 rings (SSSR count). The second kappa shape index (κ2) is 6.46. The Morgan fingerprint density at radius 2 is 2.08 bits per heavy atom. The van der Waals surface area contributed by atoms with Gasteiger partial charge in [0.2, 0.25) is 10.0 Å². The molecule has 0 spiro atoms. The van der Waals surface area contributed by atoms with Crippen LogP contribution in [0.3, 0.4) is 0 Å². The minimum atomic E-state index is -3.71. The van der Waals surface area contributed by atoms with Crippen LogP contribution in [0.5, 0.6) is 0 Å². The minimum absolute atomic E-state index is 0.0461. The molecule has 0 unspecified atom stereocenters. The lowest BCUT2D eigenvalue weighted by Crippen LogP contribution is -2.35. The lowest BCUT2D eigenvalue weighted by molar-refractivity contribution is 0.187. The Hall–Kier alpha value is -2.04. The number of methoxy groups -OCH3 is 1. The van der Waals surface area contributed by atoms with Crippen LogP contribution in [0.2, 0.25) is 0 Å². The van der Waals surface area contributed by atoms with E-state index in [-0.39, 0.29) is 18.0 Å². The number of sulfonamides is 1. The largest absolute Gasteiger partial charge is 0.453 e. The Labute approximate surface area is 142 Å². The van der Waals surface area contributed by atoms with Crippen molar-refractivity contribution in [2.45, 2.75) is 17.9 Å². The van der Waals surface area contributed by atoms with E-state index in [1.54, 1.807) is 0 Å². The summed E-state index contributed by atoms with van der Waals surface area (Å²) in [5, 5.41) is 2.85. The highest BCUT2D eigenvalue weighted by atomic mass is 32.2. The Morgan fingerprint density at radius 3 is 2.75 bits per heavy atom. The average molecular weight is 371 g/mol. The van der Waals surface area contributed by atoms with Crippen LogP contribution in [0.15, 0.2) is 29.2 Å². The van der Waals surface area contributed by atoms with Gasteiger partial charge < -0.3 is 4.74 Å². The minimum Gasteiger partial charge on any atom is -0.453 e. The number of hydrogen-bond donors (Lipinski definition) is 1. The van der Waals surface area contributed by atoms with Gasteiger partial charge in [-0.05, 0) is 24.3 Å². The molecule has 1 amide bonds. The van der Waals surface area contributed by atoms with Crippen LogP contribution in [-0.2, 0) is 27.7 Å². The SMILES string of the molecule is COC(=O)Nc1nc2c(s1)CN(S(=O)(=O)c1ccc(F)cc1)CC2. The van der Waals surface area contributed by atoms with Crippen molar-refractivity contribution in [2.24, 2.45) is 0 Å². The van der Waals surface area contributed by atoms with E-state index >= 15 is 0 Å². The van der Waals surface area contributed by atoms with Crippen LogP contribution < -0.4 is 5.32 Å². The van der Waals surface area contributed by atoms with Crippen LogP contribution in [0.4, 0.5) is 14.3 Å². The Balaban J connectivity index is 1.81. The molecule has 0 aliphatic carbocycles. The van der Waals surface area contributed by atoms with Crippen LogP contribution in [0.1, 0.15) is 10.6 Å². The number of nitrogens with zero attached hydrogens (tertiary/aromatic N) is 2. The Morgan fingerprint density at radius 1 is 1.38 bits per heavy atom. The number of carbonyl (C=O) groups is 1. The number of ether oxygens (including phenoxy) is 1. The van der Waals surface area contributed by atoms with Crippen molar-refractivity contribution in [1.29, 1.82) is 0 Å². The summed E-state index contributed by atoms with van der Waals surface area (Å²) in [6.07, 6.45) is -0.188. The molecule has 0 saturated carbocycles. The van der Waals surface area contributed by atoms with Gasteiger partial charge in [0.05, 0.1) is 24.2 Å². The number of amides is 1. The van der Waals surface area contributed by atoms with Crippen molar-refractivity contribution in [2.75, 3.05) is 19.0 Å². The molecule has 24 heavy (non-hydrogen) atoms. The van der Waals surface area contributed by atoms with Gasteiger partial charge in [-0.2, -0.15) is 4.31 Å². The molecule has 10 heteroatoms. The number of aromatic nitrogens is 1. The summed E-state index contributed by atoms with van der Waals surface area (Å²) < 4.78 is 44.1. The zero-order chi connectivity index (χ0) is 17.3. The predicted molar refractivity (Wildman–Crippen MR) is 85.8 cm³/mol. The molecule has 7 nitrogen and oxygen atoms in total. The number of fused-ring (bicyclic) bond motifs is 1. The number of nitrogens with one attached hydrogen (secondary N) is 1. The maximum absolute atomic E-state index is 13.0. The third-order valence-corrected chi connectivity index (χ3v) is 6.40. The third-order valence-electron chi connectivity index (χ3n) is 3.54. The maximum Gasteiger partial charge on any atom is 0.413 e. The first-order valence-electron chi connectivity index (χ1n) is 6.99. The number of benzene rings is 1. The lowest BCUT2D eigenvalue weighted by atomic mass is 10.2. The summed E-state index contributed by atoms with van der Waals surface area (Å²) in [6, 6.07) is 4.73. The van der Waals surface area contributed by atoms with Crippen molar-refractivity contribution in [1.82, 2.24) is 9.29 Å². The van der Waals surface area contributed by atoms with E-state index < -0.39 is 21.9 Å². The zero-order valence-electron chi connectivity index (χ0n) is 12.7. The fourth-order valence-corrected chi connectivity index (χ4v) is 4.82. The van der Waals surface area contributed by atoms with Crippen molar-refractivity contribution in [3.05, 3.63) is 40.7 Å². The van der Waals surface area contributed by atoms with Gasteiger partial charge in [0.1, 0.15) is 5.82 Å². The maximum atomic E-state index is 13.0. The van der Waals surface area contributed by atoms with E-state index in [0.29, 0.717) is 11.6 Å². The number of carbonyl (C=O) groups excluding carboxylic acids is 1.